The smallest absolute Gasteiger partial charge is 0.543 e. The molecule has 28 heteroatoms. The molecule has 11 rings (SSSR count). The maximum Gasteiger partial charge on any atom is 1.00 e. The first kappa shape index (κ1) is 65.7. The van der Waals surface area contributed by atoms with Gasteiger partial charge in [-0.1, -0.05) is 19.0 Å². The van der Waals surface area contributed by atoms with E-state index in [1.54, 1.807) is 26.0 Å². The van der Waals surface area contributed by atoms with Gasteiger partial charge in [-0.2, -0.15) is 0 Å². The van der Waals surface area contributed by atoms with Crippen LogP contribution in [-0.2, 0) is 61.9 Å². The summed E-state index contributed by atoms with van der Waals surface area (Å²) in [5.41, 5.74) is 3.58. The Bertz CT molecular complexity index is 2690. The second-order valence-corrected chi connectivity index (χ2v) is 25.7. The number of aliphatic carboxylic acids is 1. The van der Waals surface area contributed by atoms with Crippen LogP contribution < -0.4 is 45.7 Å². The van der Waals surface area contributed by atoms with E-state index in [1.165, 1.54) is 31.2 Å². The van der Waals surface area contributed by atoms with Crippen molar-refractivity contribution in [2.24, 2.45) is 45.4 Å². The number of thioether (sulfide) groups is 1. The van der Waals surface area contributed by atoms with E-state index in [-0.39, 0.29) is 120 Å². The molecule has 4 saturated carbocycles. The molecule has 85 heavy (non-hydrogen) atoms. The molecular weight excluding hydrogens is 1150 g/mol. The number of amides is 3. The van der Waals surface area contributed by atoms with Gasteiger partial charge in [0, 0.05) is 42.1 Å². The van der Waals surface area contributed by atoms with Crippen LogP contribution >= 0.6 is 11.8 Å². The summed E-state index contributed by atoms with van der Waals surface area (Å²) in [5.74, 6) is -2.53. The normalized spacial score (nSPS) is 43.2. The van der Waals surface area contributed by atoms with Crippen molar-refractivity contribution in [2.45, 2.75) is 208 Å². The molecule has 23 atom stereocenters. The third-order valence-corrected chi connectivity index (χ3v) is 21.4. The fourth-order valence-corrected chi connectivity index (χ4v) is 16.9. The summed E-state index contributed by atoms with van der Waals surface area (Å²) >= 11 is 1.18. The molecular formula is C57H79N4NaO22S. The minimum absolute atomic E-state index is 0. The summed E-state index contributed by atoms with van der Waals surface area (Å²) in [5, 5.41) is 83.8. The summed E-state index contributed by atoms with van der Waals surface area (Å²) < 4.78 is 51.8. The Labute approximate surface area is 518 Å². The van der Waals surface area contributed by atoms with E-state index < -0.39 is 132 Å². The van der Waals surface area contributed by atoms with Crippen molar-refractivity contribution in [3.8, 4) is 0 Å². The summed E-state index contributed by atoms with van der Waals surface area (Å²) in [6.07, 6.45) is -1.25. The number of rotatable bonds is 14. The largest absolute Gasteiger partial charge is 1.00 e. The Morgan fingerprint density at radius 3 is 2.08 bits per heavy atom. The Balaban J connectivity index is 0.000000244. The van der Waals surface area contributed by atoms with Gasteiger partial charge in [0.1, 0.15) is 50.1 Å². The first-order valence-corrected chi connectivity index (χ1v) is 30.1. The molecule has 6 aliphatic heterocycles. The fourth-order valence-electron chi connectivity index (χ4n) is 15.6. The number of carboxylic acids is 1. The van der Waals surface area contributed by atoms with Crippen molar-refractivity contribution in [2.75, 3.05) is 26.1 Å². The van der Waals surface area contributed by atoms with Crippen molar-refractivity contribution in [1.29, 1.82) is 0 Å². The number of nitrogens with two attached hydrogens (primary N) is 1. The number of esters is 1. The topological polar surface area (TPSA) is 380 Å². The van der Waals surface area contributed by atoms with Gasteiger partial charge in [0.15, 0.2) is 24.6 Å². The zero-order valence-electron chi connectivity index (χ0n) is 48.9. The standard InChI is InChI=1S/C41H64O14.C16H16N4O8S.Na/c1-19-36(47)28(42)15-34(50-19)54-38-21(3)52-35(17-30(38)44)55-37-20(2)51-33(16-29(37)43)53-24-8-10-39(4)23(13-24)6-7-26-27(39)14-31(45)40(5)25(9-11-41(26,40)48)22-12-32(46)49-18-22;1-26-19-9(8-3-2-4-27-8)12(21)18-10-13(22)20-11(15(23)24)7(5-28-16(17)25)6-29-14(10)20;/h12,19-21,23-31,33-38,42-45,47-48H,6-11,13-18H2,1-5H3;2-4,10,14H,5-6H2,1H3,(H2,17,25)(H,18,21)(H,23,24);/q;;+1/p-1/b;19-9+;/t19-,20-,21-,23-,24+,25-,26-,27+,28+,29+,30+,31-,33+,34+,35+,36-,37-,38-,39+,40+,41+;10-,14-;/m11./s1. The molecule has 4 saturated heterocycles. The molecule has 7 heterocycles. The average molecular weight is 1230 g/mol. The number of cyclic esters (lactones) is 1. The van der Waals surface area contributed by atoms with Crippen LogP contribution in [0.4, 0.5) is 4.79 Å². The van der Waals surface area contributed by atoms with E-state index in [2.05, 4.69) is 27.0 Å². The summed E-state index contributed by atoms with van der Waals surface area (Å²) in [4.78, 5) is 65.0. The molecule has 0 aromatic carbocycles. The van der Waals surface area contributed by atoms with Gasteiger partial charge in [-0.25, -0.2) is 9.59 Å². The van der Waals surface area contributed by atoms with Crippen molar-refractivity contribution in [1.82, 2.24) is 10.2 Å². The summed E-state index contributed by atoms with van der Waals surface area (Å²) in [6.45, 7) is 9.51. The molecule has 1 aromatic heterocycles. The van der Waals surface area contributed by atoms with Gasteiger partial charge in [0.25, 0.3) is 11.8 Å². The third-order valence-electron chi connectivity index (χ3n) is 20.0. The second-order valence-electron chi connectivity index (χ2n) is 24.6. The number of hydrogen-bond acceptors (Lipinski definition) is 24. The second kappa shape index (κ2) is 26.4. The molecule has 0 radical (unpaired) electrons. The molecule has 10 aliphatic rings. The third kappa shape index (κ3) is 12.6. The molecule has 4 aliphatic carbocycles. The zero-order chi connectivity index (χ0) is 60.3. The number of aliphatic hydroxyl groups is 6. The number of carboxylic acid groups (broad SMARTS) is 1. The summed E-state index contributed by atoms with van der Waals surface area (Å²) in [7, 11) is 1.25. The van der Waals surface area contributed by atoms with Crippen molar-refractivity contribution < 1.29 is 136 Å². The number of fused-ring (bicyclic) bond motifs is 6. The minimum Gasteiger partial charge on any atom is -0.543 e. The fraction of sp³-hybridized carbons (Fsp3) is 0.754. The van der Waals surface area contributed by atoms with E-state index >= 15 is 0 Å². The van der Waals surface area contributed by atoms with Crippen LogP contribution in [0.1, 0.15) is 111 Å². The molecule has 26 nitrogen and oxygen atoms in total. The number of nitrogens with one attached hydrogen (secondary N) is 1. The van der Waals surface area contributed by atoms with Crippen LogP contribution in [0.15, 0.2) is 50.9 Å². The van der Waals surface area contributed by atoms with Gasteiger partial charge in [0.2, 0.25) is 5.71 Å². The van der Waals surface area contributed by atoms with E-state index in [9.17, 15) is 59.7 Å². The number of ether oxygens (including phenoxy) is 8. The predicted octanol–water partition coefficient (Wildman–Crippen LogP) is -2.65. The molecule has 3 amide bonds. The van der Waals surface area contributed by atoms with E-state index in [1.807, 2.05) is 13.8 Å². The summed E-state index contributed by atoms with van der Waals surface area (Å²) in [6, 6.07) is 2.04. The number of hydrogen-bond donors (Lipinski definition) is 8. The quantitative estimate of drug-likeness (QED) is 0.0236. The number of furan rings is 1. The van der Waals surface area contributed by atoms with E-state index in [0.717, 1.165) is 49.0 Å². The molecule has 1 aromatic rings. The number of primary amides is 1. The number of carbonyl (C=O) groups is 5. The first-order chi connectivity index (χ1) is 39.9. The van der Waals surface area contributed by atoms with E-state index in [4.69, 9.17) is 43.3 Å². The number of β-lactam (4-membered cyclic amide) rings is 1. The van der Waals surface area contributed by atoms with Crippen LogP contribution in [0, 0.1) is 34.5 Å². The van der Waals surface area contributed by atoms with Gasteiger partial charge in [-0.05, 0) is 119 Å². The van der Waals surface area contributed by atoms with Crippen LogP contribution in [0.25, 0.3) is 0 Å². The number of oxime groups is 1. The minimum atomic E-state index is -1.60. The van der Waals surface area contributed by atoms with E-state index in [0.29, 0.717) is 18.8 Å². The maximum atomic E-state index is 12.6. The van der Waals surface area contributed by atoms with Gasteiger partial charge >= 0.3 is 41.6 Å². The zero-order valence-corrected chi connectivity index (χ0v) is 51.7. The van der Waals surface area contributed by atoms with Gasteiger partial charge < -0.3 is 98.7 Å². The van der Waals surface area contributed by atoms with Gasteiger partial charge in [0.05, 0.1) is 72.4 Å². The number of carbonyl (C=O) groups excluding carboxylic acids is 5. The van der Waals surface area contributed by atoms with Crippen molar-refractivity contribution in [3.05, 3.63) is 47.1 Å². The molecule has 0 unspecified atom stereocenters. The Kier molecular flexibility index (Phi) is 20.4. The first-order valence-electron chi connectivity index (χ1n) is 29.1. The van der Waals surface area contributed by atoms with Gasteiger partial charge in [-0.15, -0.1) is 11.8 Å². The molecule has 466 valence electrons. The Hall–Kier alpha value is -3.75. The van der Waals surface area contributed by atoms with Gasteiger partial charge in [-0.3, -0.25) is 14.5 Å². The van der Waals surface area contributed by atoms with Crippen LogP contribution in [-0.4, -0.2) is 200 Å². The number of nitrogens with zero attached hydrogens (tertiary/aromatic N) is 2. The average Bonchev–Trinajstić information content (AvgIpc) is 1.73. The number of aliphatic hydroxyl groups excluding tert-OH is 5. The Morgan fingerprint density at radius 1 is 0.859 bits per heavy atom. The van der Waals surface area contributed by atoms with Crippen LogP contribution in [0.2, 0.25) is 0 Å². The maximum absolute atomic E-state index is 12.6. The van der Waals surface area contributed by atoms with Crippen molar-refractivity contribution >= 4 is 47.3 Å². The molecule has 0 bridgehead atoms. The van der Waals surface area contributed by atoms with Crippen LogP contribution in [0.3, 0.4) is 0 Å². The Morgan fingerprint density at radius 2 is 1.51 bits per heavy atom. The van der Waals surface area contributed by atoms with Crippen molar-refractivity contribution in [3.63, 3.8) is 0 Å². The monoisotopic (exact) mass is 1230 g/mol. The molecule has 8 fully saturated rings. The molecule has 0 spiro atoms. The molecule has 9 N–H and O–H groups in total. The SMILES string of the molecule is CO/N=C(/C(=O)N[C@@H]1C(=O)N2C(C(=O)[O-])=C(COC(N)=O)CS[C@H]12)c1ccco1.C[C@H]1O[C@@H](O[C@H]2[C@@H](O)C[C@H](O[C@H]3[C@@H](O)C[C@H](O[C@H]4CC[C@@]5(C)[C@H](CC[C@@H]6[C@@H]5C[C@@H](O)[C@]5(C)[C@@H](C7=CC(=O)OC7)CC[C@]65O)C4)O[C@@H]3C)O[C@@H]2C)C[C@H](O)[C@@H]1O.[Na+]. The predicted molar refractivity (Wildman–Crippen MR) is 287 cm³/mol. The van der Waals surface area contributed by atoms with Crippen LogP contribution in [0.5, 0.6) is 0 Å².